The number of para-hydroxylation sites is 1. The molecule has 0 heterocycles. The highest BCUT2D eigenvalue weighted by Gasteiger charge is 2.10. The highest BCUT2D eigenvalue weighted by Crippen LogP contribution is 2.18. The SMILES string of the molecule is CC(C)Oc1ccc(C(O)CNC(=O)CCc2ccccc2N)cc1.Cl. The third kappa shape index (κ3) is 6.94. The minimum Gasteiger partial charge on any atom is -0.491 e. The number of nitrogens with two attached hydrogens (primary N) is 1. The Bertz CT molecular complexity index is 690. The number of anilines is 1. The number of nitrogen functional groups attached to an aromatic ring is 1. The summed E-state index contributed by atoms with van der Waals surface area (Å²) in [6, 6.07) is 14.8. The van der Waals surface area contributed by atoms with E-state index in [0.717, 1.165) is 16.9 Å². The van der Waals surface area contributed by atoms with Gasteiger partial charge in [-0.1, -0.05) is 30.3 Å². The standard InChI is InChI=1S/C20H26N2O3.ClH/c1-14(2)25-17-10-7-16(8-11-17)19(23)13-22-20(24)12-9-15-5-3-4-6-18(15)21;/h3-8,10-11,14,19,23H,9,12-13,21H2,1-2H3,(H,22,24);1H. The summed E-state index contributed by atoms with van der Waals surface area (Å²) in [6.07, 6.45) is 0.269. The quantitative estimate of drug-likeness (QED) is 0.615. The number of aryl methyl sites for hydroxylation is 1. The van der Waals surface area contributed by atoms with Crippen molar-refractivity contribution >= 4 is 24.0 Å². The van der Waals surface area contributed by atoms with Crippen LogP contribution in [0.15, 0.2) is 48.5 Å². The molecule has 0 spiro atoms. The van der Waals surface area contributed by atoms with Gasteiger partial charge in [0, 0.05) is 18.7 Å². The molecule has 4 N–H and O–H groups in total. The Labute approximate surface area is 161 Å². The van der Waals surface area contributed by atoms with E-state index in [9.17, 15) is 9.90 Å². The number of aliphatic hydroxyl groups is 1. The fourth-order valence-corrected chi connectivity index (χ4v) is 2.47. The second-order valence-electron chi connectivity index (χ2n) is 6.25. The van der Waals surface area contributed by atoms with Crippen molar-refractivity contribution < 1.29 is 14.6 Å². The molecule has 6 heteroatoms. The lowest BCUT2D eigenvalue weighted by molar-refractivity contribution is -0.121. The smallest absolute Gasteiger partial charge is 0.220 e. The zero-order chi connectivity index (χ0) is 18.2. The molecule has 5 nitrogen and oxygen atoms in total. The first-order chi connectivity index (χ1) is 12.0. The van der Waals surface area contributed by atoms with Crippen LogP contribution in [-0.2, 0) is 11.2 Å². The van der Waals surface area contributed by atoms with E-state index in [2.05, 4.69) is 5.32 Å². The van der Waals surface area contributed by atoms with Gasteiger partial charge >= 0.3 is 0 Å². The molecule has 0 saturated carbocycles. The molecule has 2 aromatic rings. The number of ether oxygens (including phenoxy) is 1. The van der Waals surface area contributed by atoms with Gasteiger partial charge in [0.15, 0.2) is 0 Å². The summed E-state index contributed by atoms with van der Waals surface area (Å²) in [5.41, 5.74) is 8.26. The first-order valence-electron chi connectivity index (χ1n) is 8.50. The minimum atomic E-state index is -0.751. The highest BCUT2D eigenvalue weighted by molar-refractivity contribution is 5.85. The molecule has 2 aromatic carbocycles. The van der Waals surface area contributed by atoms with Crippen LogP contribution in [0.2, 0.25) is 0 Å². The van der Waals surface area contributed by atoms with E-state index in [4.69, 9.17) is 10.5 Å². The number of carbonyl (C=O) groups is 1. The maximum Gasteiger partial charge on any atom is 0.220 e. The van der Waals surface area contributed by atoms with E-state index in [1.807, 2.05) is 50.2 Å². The van der Waals surface area contributed by atoms with Gasteiger partial charge in [-0.2, -0.15) is 0 Å². The van der Waals surface area contributed by atoms with Crippen molar-refractivity contribution in [2.24, 2.45) is 0 Å². The number of benzene rings is 2. The van der Waals surface area contributed by atoms with E-state index in [-0.39, 0.29) is 31.0 Å². The van der Waals surface area contributed by atoms with E-state index in [0.29, 0.717) is 18.5 Å². The van der Waals surface area contributed by atoms with Crippen molar-refractivity contribution in [3.63, 3.8) is 0 Å². The monoisotopic (exact) mass is 378 g/mol. The molecule has 1 unspecified atom stereocenters. The molecule has 0 aliphatic heterocycles. The Kier molecular flexibility index (Phi) is 8.96. The zero-order valence-corrected chi connectivity index (χ0v) is 16.0. The van der Waals surface area contributed by atoms with Crippen LogP contribution in [0.3, 0.4) is 0 Å². The zero-order valence-electron chi connectivity index (χ0n) is 15.1. The Hall–Kier alpha value is -2.24. The van der Waals surface area contributed by atoms with Crippen molar-refractivity contribution in [2.75, 3.05) is 12.3 Å². The van der Waals surface area contributed by atoms with Gasteiger partial charge in [0.25, 0.3) is 0 Å². The Morgan fingerprint density at radius 1 is 1.15 bits per heavy atom. The van der Waals surface area contributed by atoms with Gasteiger partial charge in [0.1, 0.15) is 5.75 Å². The molecule has 1 atom stereocenters. The van der Waals surface area contributed by atoms with Crippen LogP contribution in [0.25, 0.3) is 0 Å². The molecular weight excluding hydrogens is 352 g/mol. The predicted octanol–water partition coefficient (Wildman–Crippen LogP) is 3.26. The fourth-order valence-electron chi connectivity index (χ4n) is 2.47. The average Bonchev–Trinajstić information content (AvgIpc) is 2.59. The number of nitrogens with one attached hydrogen (secondary N) is 1. The van der Waals surface area contributed by atoms with Gasteiger partial charge in [-0.05, 0) is 49.6 Å². The van der Waals surface area contributed by atoms with Crippen LogP contribution in [0, 0.1) is 0 Å². The predicted molar refractivity (Wildman–Crippen MR) is 107 cm³/mol. The van der Waals surface area contributed by atoms with Gasteiger partial charge in [-0.3, -0.25) is 4.79 Å². The van der Waals surface area contributed by atoms with E-state index in [1.165, 1.54) is 0 Å². The summed E-state index contributed by atoms with van der Waals surface area (Å²) in [5.74, 6) is 0.650. The van der Waals surface area contributed by atoms with Crippen LogP contribution >= 0.6 is 12.4 Å². The molecule has 0 aromatic heterocycles. The second-order valence-corrected chi connectivity index (χ2v) is 6.25. The summed E-state index contributed by atoms with van der Waals surface area (Å²) in [7, 11) is 0. The number of rotatable bonds is 8. The molecule has 1 amide bonds. The number of aliphatic hydroxyl groups excluding tert-OH is 1. The molecule has 0 aliphatic rings. The first-order valence-corrected chi connectivity index (χ1v) is 8.50. The lowest BCUT2D eigenvalue weighted by atomic mass is 10.1. The third-order valence-electron chi connectivity index (χ3n) is 3.81. The lowest BCUT2D eigenvalue weighted by Gasteiger charge is -2.14. The summed E-state index contributed by atoms with van der Waals surface area (Å²) >= 11 is 0. The van der Waals surface area contributed by atoms with Crippen molar-refractivity contribution in [2.45, 2.75) is 38.9 Å². The minimum absolute atomic E-state index is 0. The second kappa shape index (κ2) is 10.7. The van der Waals surface area contributed by atoms with Gasteiger partial charge in [0.05, 0.1) is 12.2 Å². The van der Waals surface area contributed by atoms with Gasteiger partial charge in [0.2, 0.25) is 5.91 Å². The number of halogens is 1. The molecule has 2 rings (SSSR count). The maximum atomic E-state index is 12.0. The van der Waals surface area contributed by atoms with Crippen LogP contribution in [0.1, 0.15) is 37.5 Å². The fraction of sp³-hybridized carbons (Fsp3) is 0.350. The van der Waals surface area contributed by atoms with Crippen LogP contribution in [0.5, 0.6) is 5.75 Å². The summed E-state index contributed by atoms with van der Waals surface area (Å²) in [6.45, 7) is 4.09. The maximum absolute atomic E-state index is 12.0. The molecule has 26 heavy (non-hydrogen) atoms. The van der Waals surface area contributed by atoms with Crippen molar-refractivity contribution in [3.05, 3.63) is 59.7 Å². The molecular formula is C20H27ClN2O3. The van der Waals surface area contributed by atoms with Crippen molar-refractivity contribution in [1.29, 1.82) is 0 Å². The van der Waals surface area contributed by atoms with Crippen molar-refractivity contribution in [3.8, 4) is 5.75 Å². The highest BCUT2D eigenvalue weighted by atomic mass is 35.5. The molecule has 0 aliphatic carbocycles. The van der Waals surface area contributed by atoms with Gasteiger partial charge in [-0.25, -0.2) is 0 Å². The van der Waals surface area contributed by atoms with E-state index < -0.39 is 6.10 Å². The molecule has 0 fully saturated rings. The first kappa shape index (κ1) is 21.8. The molecule has 0 saturated heterocycles. The van der Waals surface area contributed by atoms with Gasteiger partial charge in [-0.15, -0.1) is 12.4 Å². The van der Waals surface area contributed by atoms with Crippen LogP contribution in [-0.4, -0.2) is 23.7 Å². The number of amides is 1. The normalized spacial score (nSPS) is 11.5. The molecule has 0 radical (unpaired) electrons. The molecule has 0 bridgehead atoms. The summed E-state index contributed by atoms with van der Waals surface area (Å²) < 4.78 is 5.57. The summed E-state index contributed by atoms with van der Waals surface area (Å²) in [4.78, 5) is 12.0. The van der Waals surface area contributed by atoms with Gasteiger partial charge < -0.3 is 20.9 Å². The van der Waals surface area contributed by atoms with E-state index >= 15 is 0 Å². The summed E-state index contributed by atoms with van der Waals surface area (Å²) in [5, 5.41) is 13.0. The number of hydrogen-bond donors (Lipinski definition) is 3. The number of carbonyl (C=O) groups excluding carboxylic acids is 1. The molecule has 142 valence electrons. The van der Waals surface area contributed by atoms with E-state index in [1.54, 1.807) is 12.1 Å². The lowest BCUT2D eigenvalue weighted by Crippen LogP contribution is -2.28. The van der Waals surface area contributed by atoms with Crippen LogP contribution in [0.4, 0.5) is 5.69 Å². The Morgan fingerprint density at radius 3 is 2.42 bits per heavy atom. The average molecular weight is 379 g/mol. The topological polar surface area (TPSA) is 84.6 Å². The Morgan fingerprint density at radius 2 is 1.81 bits per heavy atom. The largest absolute Gasteiger partial charge is 0.491 e. The van der Waals surface area contributed by atoms with Crippen molar-refractivity contribution in [1.82, 2.24) is 5.32 Å². The Balaban J connectivity index is 0.00000338. The third-order valence-corrected chi connectivity index (χ3v) is 3.81. The number of hydrogen-bond acceptors (Lipinski definition) is 4. The van der Waals surface area contributed by atoms with Crippen LogP contribution < -0.4 is 15.8 Å².